The van der Waals surface area contributed by atoms with Gasteiger partial charge in [0.25, 0.3) is 0 Å². The number of halogens is 1. The fourth-order valence-electron chi connectivity index (χ4n) is 2.70. The third-order valence-electron chi connectivity index (χ3n) is 4.64. The molecule has 0 aliphatic carbocycles. The van der Waals surface area contributed by atoms with Gasteiger partial charge in [0, 0.05) is 33.2 Å². The fraction of sp³-hybridized carbons (Fsp3) is 0.882. The highest BCUT2D eigenvalue weighted by Gasteiger charge is 2.22. The number of nitrogens with two attached hydrogens (primary N) is 1. The van der Waals surface area contributed by atoms with Gasteiger partial charge in [-0.25, -0.2) is 0 Å². The monoisotopic (exact) mass is 469 g/mol. The molecule has 1 amide bonds. The van der Waals surface area contributed by atoms with E-state index in [9.17, 15) is 4.79 Å². The van der Waals surface area contributed by atoms with Crippen LogP contribution in [0.4, 0.5) is 0 Å². The van der Waals surface area contributed by atoms with Gasteiger partial charge in [-0.15, -0.1) is 24.0 Å². The minimum atomic E-state index is -0.214. The summed E-state index contributed by atoms with van der Waals surface area (Å²) in [5.41, 5.74) is 5.15. The van der Waals surface area contributed by atoms with Gasteiger partial charge < -0.3 is 26.0 Å². The van der Waals surface area contributed by atoms with Crippen LogP contribution in [0.3, 0.4) is 0 Å². The number of unbranched alkanes of at least 4 members (excludes halogenated alkanes) is 1. The summed E-state index contributed by atoms with van der Waals surface area (Å²) in [5, 5.41) is 6.61. The van der Waals surface area contributed by atoms with E-state index in [1.54, 1.807) is 14.2 Å². The summed E-state index contributed by atoms with van der Waals surface area (Å²) in [4.78, 5) is 17.8. The number of ether oxygens (including phenoxy) is 1. The van der Waals surface area contributed by atoms with Gasteiger partial charge in [0.2, 0.25) is 5.91 Å². The summed E-state index contributed by atoms with van der Waals surface area (Å²) in [6, 6.07) is 0. The standard InChI is InChI=1S/C17H35N5O2.HI/c1-17(2,24-4)13-21-16(19-3)20-9-5-6-10-22-11-7-14(8-12-22)15(18)23;/h14H,5-13H2,1-4H3,(H2,18,23)(H2,19,20,21);1H. The topological polar surface area (TPSA) is 92.0 Å². The minimum absolute atomic E-state index is 0. The van der Waals surface area contributed by atoms with E-state index in [0.717, 1.165) is 57.8 Å². The van der Waals surface area contributed by atoms with Crippen LogP contribution in [0.1, 0.15) is 39.5 Å². The van der Waals surface area contributed by atoms with Crippen LogP contribution in [0.15, 0.2) is 4.99 Å². The van der Waals surface area contributed by atoms with Crippen LogP contribution in [-0.2, 0) is 9.53 Å². The highest BCUT2D eigenvalue weighted by Crippen LogP contribution is 2.16. The number of primary amides is 1. The Morgan fingerprint density at radius 2 is 1.92 bits per heavy atom. The Labute approximate surface area is 169 Å². The number of amides is 1. The fourth-order valence-corrected chi connectivity index (χ4v) is 2.70. The lowest BCUT2D eigenvalue weighted by Gasteiger charge is -2.30. The van der Waals surface area contributed by atoms with Crippen LogP contribution in [0.5, 0.6) is 0 Å². The van der Waals surface area contributed by atoms with Crippen molar-refractivity contribution in [2.45, 2.75) is 45.1 Å². The minimum Gasteiger partial charge on any atom is -0.377 e. The molecule has 0 spiro atoms. The lowest BCUT2D eigenvalue weighted by Crippen LogP contribution is -2.45. The lowest BCUT2D eigenvalue weighted by atomic mass is 9.96. The third-order valence-corrected chi connectivity index (χ3v) is 4.64. The predicted molar refractivity (Wildman–Crippen MR) is 113 cm³/mol. The first kappa shape index (κ1) is 24.4. The van der Waals surface area contributed by atoms with Gasteiger partial charge in [-0.1, -0.05) is 0 Å². The molecule has 1 fully saturated rings. The number of piperidine rings is 1. The van der Waals surface area contributed by atoms with Crippen molar-refractivity contribution in [3.05, 3.63) is 0 Å². The van der Waals surface area contributed by atoms with Crippen LogP contribution >= 0.6 is 24.0 Å². The first-order valence-corrected chi connectivity index (χ1v) is 8.89. The van der Waals surface area contributed by atoms with Gasteiger partial charge in [-0.05, 0) is 59.2 Å². The van der Waals surface area contributed by atoms with E-state index in [0.29, 0.717) is 6.54 Å². The number of guanidine groups is 1. The van der Waals surface area contributed by atoms with E-state index in [-0.39, 0.29) is 41.4 Å². The summed E-state index contributed by atoms with van der Waals surface area (Å²) >= 11 is 0. The van der Waals surface area contributed by atoms with Crippen molar-refractivity contribution in [3.63, 3.8) is 0 Å². The molecule has 0 aromatic heterocycles. The molecule has 0 aromatic rings. The van der Waals surface area contributed by atoms with E-state index in [1.807, 2.05) is 13.8 Å². The first-order chi connectivity index (χ1) is 11.4. The van der Waals surface area contributed by atoms with Crippen molar-refractivity contribution in [2.75, 3.05) is 46.9 Å². The maximum absolute atomic E-state index is 11.2. The molecule has 1 heterocycles. The molecular weight excluding hydrogens is 433 g/mol. The van der Waals surface area contributed by atoms with E-state index in [2.05, 4.69) is 20.5 Å². The Hall–Kier alpha value is -0.610. The number of likely N-dealkylation sites (tertiary alicyclic amines) is 1. The Morgan fingerprint density at radius 1 is 1.28 bits per heavy atom. The van der Waals surface area contributed by atoms with Crippen molar-refractivity contribution < 1.29 is 9.53 Å². The molecule has 7 nitrogen and oxygen atoms in total. The molecule has 1 saturated heterocycles. The Bertz CT molecular complexity index is 410. The molecule has 0 bridgehead atoms. The van der Waals surface area contributed by atoms with E-state index in [1.165, 1.54) is 0 Å². The number of carbonyl (C=O) groups excluding carboxylic acids is 1. The number of nitrogens with zero attached hydrogens (tertiary/aromatic N) is 2. The number of nitrogens with one attached hydrogen (secondary N) is 2. The molecule has 148 valence electrons. The van der Waals surface area contributed by atoms with Gasteiger partial charge in [-0.2, -0.15) is 0 Å². The summed E-state index contributed by atoms with van der Waals surface area (Å²) in [6.07, 6.45) is 4.03. The molecule has 0 unspecified atom stereocenters. The molecule has 1 rings (SSSR count). The zero-order chi connectivity index (χ0) is 18.0. The lowest BCUT2D eigenvalue weighted by molar-refractivity contribution is -0.123. The van der Waals surface area contributed by atoms with Crippen molar-refractivity contribution >= 4 is 35.8 Å². The highest BCUT2D eigenvalue weighted by molar-refractivity contribution is 14.0. The average molecular weight is 469 g/mol. The van der Waals surface area contributed by atoms with Crippen molar-refractivity contribution in [1.82, 2.24) is 15.5 Å². The summed E-state index contributed by atoms with van der Waals surface area (Å²) in [7, 11) is 3.49. The van der Waals surface area contributed by atoms with E-state index >= 15 is 0 Å². The van der Waals surface area contributed by atoms with E-state index < -0.39 is 0 Å². The predicted octanol–water partition coefficient (Wildman–Crippen LogP) is 1.17. The molecule has 0 aromatic carbocycles. The zero-order valence-electron chi connectivity index (χ0n) is 16.1. The number of aliphatic imine (C=N–C) groups is 1. The van der Waals surface area contributed by atoms with Crippen molar-refractivity contribution in [3.8, 4) is 0 Å². The van der Waals surface area contributed by atoms with Crippen LogP contribution in [0.25, 0.3) is 0 Å². The molecule has 8 heteroatoms. The maximum Gasteiger partial charge on any atom is 0.220 e. The number of hydrogen-bond donors (Lipinski definition) is 3. The van der Waals surface area contributed by atoms with Crippen LogP contribution in [0, 0.1) is 5.92 Å². The quantitative estimate of drug-likeness (QED) is 0.204. The molecule has 0 radical (unpaired) electrons. The first-order valence-electron chi connectivity index (χ1n) is 8.89. The summed E-state index contributed by atoms with van der Waals surface area (Å²) < 4.78 is 5.39. The number of hydrogen-bond acceptors (Lipinski definition) is 4. The van der Waals surface area contributed by atoms with Crippen LogP contribution < -0.4 is 16.4 Å². The second-order valence-electron chi connectivity index (χ2n) is 7.04. The Kier molecular flexibility index (Phi) is 12.4. The van der Waals surface area contributed by atoms with E-state index in [4.69, 9.17) is 10.5 Å². The average Bonchev–Trinajstić information content (AvgIpc) is 2.57. The molecule has 25 heavy (non-hydrogen) atoms. The maximum atomic E-state index is 11.2. The van der Waals surface area contributed by atoms with Crippen LogP contribution in [0.2, 0.25) is 0 Å². The molecule has 4 N–H and O–H groups in total. The number of carbonyl (C=O) groups is 1. The SMILES string of the molecule is CN=C(NCCCCN1CCC(C(N)=O)CC1)NCC(C)(C)OC.I. The van der Waals surface area contributed by atoms with Crippen LogP contribution in [-0.4, -0.2) is 69.2 Å². The largest absolute Gasteiger partial charge is 0.377 e. The normalized spacial score (nSPS) is 17.0. The molecular formula is C17H36IN5O2. The number of methoxy groups -OCH3 is 1. The van der Waals surface area contributed by atoms with Gasteiger partial charge >= 0.3 is 0 Å². The smallest absolute Gasteiger partial charge is 0.220 e. The second-order valence-corrected chi connectivity index (χ2v) is 7.04. The van der Waals surface area contributed by atoms with Gasteiger partial charge in [0.15, 0.2) is 5.96 Å². The third kappa shape index (κ3) is 10.2. The van der Waals surface area contributed by atoms with Crippen molar-refractivity contribution in [2.24, 2.45) is 16.6 Å². The molecule has 1 aliphatic heterocycles. The Balaban J connectivity index is 0.00000576. The summed E-state index contributed by atoms with van der Waals surface area (Å²) in [5.74, 6) is 0.741. The highest BCUT2D eigenvalue weighted by atomic mass is 127. The molecule has 0 atom stereocenters. The van der Waals surface area contributed by atoms with Crippen molar-refractivity contribution in [1.29, 1.82) is 0 Å². The van der Waals surface area contributed by atoms with Gasteiger partial charge in [0.1, 0.15) is 0 Å². The van der Waals surface area contributed by atoms with Gasteiger partial charge in [-0.3, -0.25) is 9.79 Å². The zero-order valence-corrected chi connectivity index (χ0v) is 18.5. The number of rotatable bonds is 9. The molecule has 1 aliphatic rings. The second kappa shape index (κ2) is 12.7. The van der Waals surface area contributed by atoms with Gasteiger partial charge in [0.05, 0.1) is 5.60 Å². The summed E-state index contributed by atoms with van der Waals surface area (Å²) in [6.45, 7) is 8.72. The molecule has 0 saturated carbocycles. The Morgan fingerprint density at radius 3 is 2.44 bits per heavy atom.